The monoisotopic (exact) mass is 458 g/mol. The van der Waals surface area contributed by atoms with Gasteiger partial charge in [0.05, 0.1) is 36.8 Å². The maximum Gasteiger partial charge on any atom is 0.275 e. The molecule has 3 aromatic carbocycles. The van der Waals surface area contributed by atoms with E-state index in [4.69, 9.17) is 9.47 Å². The molecule has 0 radical (unpaired) electrons. The second-order valence-electron chi connectivity index (χ2n) is 7.25. The van der Waals surface area contributed by atoms with Gasteiger partial charge in [0, 0.05) is 0 Å². The van der Waals surface area contributed by atoms with Crippen molar-refractivity contribution in [1.82, 2.24) is 10.9 Å². The van der Waals surface area contributed by atoms with E-state index < -0.39 is 0 Å². The first-order chi connectivity index (χ1) is 16.4. The fourth-order valence-electron chi connectivity index (χ4n) is 3.14. The van der Waals surface area contributed by atoms with Gasteiger partial charge in [-0.05, 0) is 49.2 Å². The minimum atomic E-state index is -0.359. The molecule has 2 N–H and O–H groups in total. The minimum Gasteiger partial charge on any atom is -0.496 e. The maximum atomic E-state index is 12.4. The smallest absolute Gasteiger partial charge is 0.275 e. The number of amides is 2. The largest absolute Gasteiger partial charge is 0.496 e. The molecule has 0 heterocycles. The van der Waals surface area contributed by atoms with Crippen LogP contribution in [0, 0.1) is 0 Å². The van der Waals surface area contributed by atoms with E-state index in [0.29, 0.717) is 34.0 Å². The standard InChI is InChI=1S/C26H26N4O4/c1-17(27-29-25(31)21-9-5-7-11-23(21)33-3)19-13-15-20(16-14-19)18(2)28-30-26(32)22-10-6-8-12-24(22)34-4/h5-16H,1-4H3,(H,29,31)(H,30,32)/b27-17-,28-18-. The Hall–Kier alpha value is -4.46. The van der Waals surface area contributed by atoms with Gasteiger partial charge in [-0.15, -0.1) is 0 Å². The fraction of sp³-hybridized carbons (Fsp3) is 0.154. The lowest BCUT2D eigenvalue weighted by atomic mass is 10.1. The van der Waals surface area contributed by atoms with Crippen LogP contribution in [0.5, 0.6) is 11.5 Å². The number of ether oxygens (including phenoxy) is 2. The predicted molar refractivity (Wildman–Crippen MR) is 132 cm³/mol. The Kier molecular flexibility index (Phi) is 8.12. The van der Waals surface area contributed by atoms with Crippen LogP contribution >= 0.6 is 0 Å². The topological polar surface area (TPSA) is 101 Å². The summed E-state index contributed by atoms with van der Waals surface area (Å²) >= 11 is 0. The number of hydrogen-bond acceptors (Lipinski definition) is 6. The summed E-state index contributed by atoms with van der Waals surface area (Å²) in [6.07, 6.45) is 0. The summed E-state index contributed by atoms with van der Waals surface area (Å²) < 4.78 is 10.4. The predicted octanol–water partition coefficient (Wildman–Crippen LogP) is 4.01. The van der Waals surface area contributed by atoms with Crippen LogP contribution in [0.4, 0.5) is 0 Å². The third-order valence-electron chi connectivity index (χ3n) is 5.07. The normalized spacial score (nSPS) is 11.5. The van der Waals surface area contributed by atoms with Crippen molar-refractivity contribution in [2.45, 2.75) is 13.8 Å². The molecule has 8 heteroatoms. The summed E-state index contributed by atoms with van der Waals surface area (Å²) in [4.78, 5) is 24.8. The third kappa shape index (κ3) is 5.86. The lowest BCUT2D eigenvalue weighted by Gasteiger charge is -2.08. The van der Waals surface area contributed by atoms with E-state index >= 15 is 0 Å². The van der Waals surface area contributed by atoms with Crippen LogP contribution in [0.25, 0.3) is 0 Å². The number of hydrogen-bond donors (Lipinski definition) is 2. The first kappa shape index (κ1) is 24.2. The average molecular weight is 459 g/mol. The first-order valence-corrected chi connectivity index (χ1v) is 10.5. The van der Waals surface area contributed by atoms with Crippen LogP contribution in [0.2, 0.25) is 0 Å². The molecule has 0 bridgehead atoms. The number of nitrogens with zero attached hydrogens (tertiary/aromatic N) is 2. The van der Waals surface area contributed by atoms with Gasteiger partial charge in [-0.1, -0.05) is 48.5 Å². The number of carbonyl (C=O) groups excluding carboxylic acids is 2. The average Bonchev–Trinajstić information content (AvgIpc) is 2.89. The Bertz CT molecular complexity index is 1140. The quantitative estimate of drug-likeness (QED) is 0.393. The van der Waals surface area contributed by atoms with Crippen LogP contribution in [-0.2, 0) is 0 Å². The molecule has 0 aliphatic heterocycles. The highest BCUT2D eigenvalue weighted by Crippen LogP contribution is 2.18. The van der Waals surface area contributed by atoms with Crippen molar-refractivity contribution in [3.63, 3.8) is 0 Å². The van der Waals surface area contributed by atoms with Crippen molar-refractivity contribution in [3.8, 4) is 11.5 Å². The zero-order chi connectivity index (χ0) is 24.5. The van der Waals surface area contributed by atoms with Gasteiger partial charge in [0.25, 0.3) is 11.8 Å². The molecule has 0 aromatic heterocycles. The molecule has 174 valence electrons. The Morgan fingerprint density at radius 1 is 0.618 bits per heavy atom. The molecule has 8 nitrogen and oxygen atoms in total. The third-order valence-corrected chi connectivity index (χ3v) is 5.07. The van der Waals surface area contributed by atoms with Gasteiger partial charge >= 0.3 is 0 Å². The zero-order valence-corrected chi connectivity index (χ0v) is 19.5. The summed E-state index contributed by atoms with van der Waals surface area (Å²) in [5.41, 5.74) is 8.84. The molecular formula is C26H26N4O4. The first-order valence-electron chi connectivity index (χ1n) is 10.5. The lowest BCUT2D eigenvalue weighted by Crippen LogP contribution is -2.20. The Labute approximate surface area is 198 Å². The minimum absolute atomic E-state index is 0.359. The number of carbonyl (C=O) groups is 2. The molecule has 0 saturated heterocycles. The van der Waals surface area contributed by atoms with Crippen molar-refractivity contribution in [1.29, 1.82) is 0 Å². The van der Waals surface area contributed by atoms with E-state index in [2.05, 4.69) is 21.1 Å². The number of methoxy groups -OCH3 is 2. The molecule has 3 rings (SSSR count). The van der Waals surface area contributed by atoms with Crippen molar-refractivity contribution in [2.24, 2.45) is 10.2 Å². The number of nitrogens with one attached hydrogen (secondary N) is 2. The molecule has 0 saturated carbocycles. The molecule has 0 aliphatic rings. The van der Waals surface area contributed by atoms with Crippen molar-refractivity contribution in [3.05, 3.63) is 95.1 Å². The SMILES string of the molecule is COc1ccccc1C(=O)N/N=C(/C)c1ccc(/C(C)=N\NC(=O)c2ccccc2OC)cc1. The number of hydrazone groups is 2. The molecule has 3 aromatic rings. The number of para-hydroxylation sites is 2. The van der Waals surface area contributed by atoms with Crippen LogP contribution in [-0.4, -0.2) is 37.5 Å². The molecular weight excluding hydrogens is 432 g/mol. The summed E-state index contributed by atoms with van der Waals surface area (Å²) in [6, 6.07) is 21.3. The van der Waals surface area contributed by atoms with Crippen molar-refractivity contribution < 1.29 is 19.1 Å². The van der Waals surface area contributed by atoms with Gasteiger partial charge in [0.1, 0.15) is 11.5 Å². The van der Waals surface area contributed by atoms with E-state index in [1.807, 2.05) is 24.3 Å². The Morgan fingerprint density at radius 2 is 0.971 bits per heavy atom. The lowest BCUT2D eigenvalue weighted by molar-refractivity contribution is 0.0943. The summed E-state index contributed by atoms with van der Waals surface area (Å²) in [5, 5.41) is 8.39. The van der Waals surface area contributed by atoms with Crippen LogP contribution < -0.4 is 20.3 Å². The van der Waals surface area contributed by atoms with Crippen LogP contribution in [0.3, 0.4) is 0 Å². The van der Waals surface area contributed by atoms with Gasteiger partial charge < -0.3 is 9.47 Å². The van der Waals surface area contributed by atoms with Gasteiger partial charge in [-0.25, -0.2) is 10.9 Å². The van der Waals surface area contributed by atoms with E-state index in [-0.39, 0.29) is 11.8 Å². The molecule has 2 amide bonds. The van der Waals surface area contributed by atoms with E-state index in [1.165, 1.54) is 14.2 Å². The van der Waals surface area contributed by atoms with Gasteiger partial charge in [0.2, 0.25) is 0 Å². The number of benzene rings is 3. The Balaban J connectivity index is 1.65. The highest BCUT2D eigenvalue weighted by molar-refractivity contribution is 6.04. The fourth-order valence-corrected chi connectivity index (χ4v) is 3.14. The van der Waals surface area contributed by atoms with Gasteiger partial charge in [0.15, 0.2) is 0 Å². The molecule has 0 fully saturated rings. The molecule has 0 unspecified atom stereocenters. The molecule has 0 atom stereocenters. The summed E-state index contributed by atoms with van der Waals surface area (Å²) in [5.74, 6) is 0.235. The van der Waals surface area contributed by atoms with E-state index in [9.17, 15) is 9.59 Å². The van der Waals surface area contributed by atoms with E-state index in [1.54, 1.807) is 62.4 Å². The van der Waals surface area contributed by atoms with Gasteiger partial charge in [-0.2, -0.15) is 10.2 Å². The maximum absolute atomic E-state index is 12.4. The number of rotatable bonds is 8. The zero-order valence-electron chi connectivity index (χ0n) is 19.5. The molecule has 0 spiro atoms. The highest BCUT2D eigenvalue weighted by Gasteiger charge is 2.12. The second-order valence-corrected chi connectivity index (χ2v) is 7.25. The molecule has 0 aliphatic carbocycles. The summed E-state index contributed by atoms with van der Waals surface area (Å²) in [6.45, 7) is 3.60. The Morgan fingerprint density at radius 3 is 1.32 bits per heavy atom. The van der Waals surface area contributed by atoms with E-state index in [0.717, 1.165) is 11.1 Å². The second kappa shape index (κ2) is 11.4. The van der Waals surface area contributed by atoms with Crippen molar-refractivity contribution >= 4 is 23.2 Å². The summed E-state index contributed by atoms with van der Waals surface area (Å²) in [7, 11) is 3.02. The highest BCUT2D eigenvalue weighted by atomic mass is 16.5. The van der Waals surface area contributed by atoms with Gasteiger partial charge in [-0.3, -0.25) is 9.59 Å². The van der Waals surface area contributed by atoms with Crippen LogP contribution in [0.1, 0.15) is 45.7 Å². The van der Waals surface area contributed by atoms with Crippen LogP contribution in [0.15, 0.2) is 83.0 Å². The van der Waals surface area contributed by atoms with Crippen molar-refractivity contribution in [2.75, 3.05) is 14.2 Å². The molecule has 34 heavy (non-hydrogen) atoms.